The minimum absolute atomic E-state index is 0.329. The van der Waals surface area contributed by atoms with Crippen molar-refractivity contribution < 1.29 is 9.90 Å². The third-order valence-electron chi connectivity index (χ3n) is 1.70. The van der Waals surface area contributed by atoms with Gasteiger partial charge in [0, 0.05) is 15.1 Å². The second-order valence-electron chi connectivity index (χ2n) is 3.69. The van der Waals surface area contributed by atoms with E-state index in [2.05, 4.69) is 29.8 Å². The van der Waals surface area contributed by atoms with Crippen LogP contribution in [0.2, 0.25) is 0 Å². The Hall–Kier alpha value is -0.480. The number of thioether (sulfide) groups is 1. The molecule has 2 nitrogen and oxygen atoms in total. The molecule has 0 saturated heterocycles. The number of aromatic carboxylic acids is 1. The zero-order chi connectivity index (χ0) is 11.4. The summed E-state index contributed by atoms with van der Waals surface area (Å²) in [5.41, 5.74) is 0.329. The SMILES string of the molecule is CC(C)CSc1cc(Br)cc(C(=O)O)c1. The zero-order valence-electron chi connectivity index (χ0n) is 8.66. The molecule has 0 radical (unpaired) electrons. The Labute approximate surface area is 102 Å². The summed E-state index contributed by atoms with van der Waals surface area (Å²) in [6, 6.07) is 5.27. The molecule has 0 unspecified atom stereocenters. The Morgan fingerprint density at radius 2 is 2.13 bits per heavy atom. The first-order valence-electron chi connectivity index (χ1n) is 4.65. The van der Waals surface area contributed by atoms with Crippen molar-refractivity contribution in [2.24, 2.45) is 5.92 Å². The van der Waals surface area contributed by atoms with E-state index in [-0.39, 0.29) is 0 Å². The van der Waals surface area contributed by atoms with Gasteiger partial charge in [-0.05, 0) is 24.1 Å². The van der Waals surface area contributed by atoms with Gasteiger partial charge in [-0.2, -0.15) is 0 Å². The van der Waals surface area contributed by atoms with Crippen LogP contribution in [-0.4, -0.2) is 16.8 Å². The minimum atomic E-state index is -0.886. The Morgan fingerprint density at radius 3 is 2.67 bits per heavy atom. The van der Waals surface area contributed by atoms with Crippen LogP contribution in [-0.2, 0) is 0 Å². The topological polar surface area (TPSA) is 37.3 Å². The van der Waals surface area contributed by atoms with Crippen molar-refractivity contribution in [3.8, 4) is 0 Å². The van der Waals surface area contributed by atoms with Gasteiger partial charge < -0.3 is 5.11 Å². The third-order valence-corrected chi connectivity index (χ3v) is 3.56. The summed E-state index contributed by atoms with van der Waals surface area (Å²) >= 11 is 4.99. The molecule has 4 heteroatoms. The predicted octanol–water partition coefficient (Wildman–Crippen LogP) is 3.90. The van der Waals surface area contributed by atoms with E-state index in [9.17, 15) is 4.79 Å². The van der Waals surface area contributed by atoms with E-state index in [0.29, 0.717) is 11.5 Å². The number of carboxylic acids is 1. The highest BCUT2D eigenvalue weighted by atomic mass is 79.9. The van der Waals surface area contributed by atoms with Crippen LogP contribution in [0.4, 0.5) is 0 Å². The monoisotopic (exact) mass is 288 g/mol. The molecule has 0 amide bonds. The summed E-state index contributed by atoms with van der Waals surface area (Å²) in [5.74, 6) is 0.708. The number of hydrogen-bond donors (Lipinski definition) is 1. The molecular formula is C11H13BrO2S. The predicted molar refractivity (Wildman–Crippen MR) is 66.7 cm³/mol. The first-order chi connectivity index (χ1) is 6.99. The van der Waals surface area contributed by atoms with E-state index in [4.69, 9.17) is 5.11 Å². The standard InChI is InChI=1S/C11H13BrO2S/c1-7(2)6-15-10-4-8(11(13)14)3-9(12)5-10/h3-5,7H,6H2,1-2H3,(H,13,14). The summed E-state index contributed by atoms with van der Waals surface area (Å²) in [7, 11) is 0. The lowest BCUT2D eigenvalue weighted by atomic mass is 10.2. The molecule has 0 spiro atoms. The van der Waals surface area contributed by atoms with E-state index < -0.39 is 5.97 Å². The van der Waals surface area contributed by atoms with Gasteiger partial charge >= 0.3 is 5.97 Å². The van der Waals surface area contributed by atoms with Gasteiger partial charge in [-0.1, -0.05) is 29.8 Å². The molecule has 0 saturated carbocycles. The number of rotatable bonds is 4. The van der Waals surface area contributed by atoms with Gasteiger partial charge in [0.25, 0.3) is 0 Å². The van der Waals surface area contributed by atoms with E-state index in [1.807, 2.05) is 6.07 Å². The summed E-state index contributed by atoms with van der Waals surface area (Å²) in [6.07, 6.45) is 0. The Kier molecular flexibility index (Phi) is 4.67. The molecular weight excluding hydrogens is 276 g/mol. The maximum absolute atomic E-state index is 10.8. The molecule has 0 heterocycles. The average Bonchev–Trinajstić information content (AvgIpc) is 2.13. The smallest absolute Gasteiger partial charge is 0.335 e. The number of benzene rings is 1. The second kappa shape index (κ2) is 5.56. The minimum Gasteiger partial charge on any atom is -0.478 e. The van der Waals surface area contributed by atoms with E-state index in [1.165, 1.54) is 0 Å². The maximum Gasteiger partial charge on any atom is 0.335 e. The van der Waals surface area contributed by atoms with Crippen LogP contribution < -0.4 is 0 Å². The summed E-state index contributed by atoms with van der Waals surface area (Å²) in [5, 5.41) is 8.88. The van der Waals surface area contributed by atoms with Crippen LogP contribution in [0.3, 0.4) is 0 Å². The Bertz CT molecular complexity index is 364. The molecule has 1 aromatic carbocycles. The van der Waals surface area contributed by atoms with Crippen molar-refractivity contribution >= 4 is 33.7 Å². The number of carboxylic acid groups (broad SMARTS) is 1. The molecule has 0 fully saturated rings. The highest BCUT2D eigenvalue weighted by Crippen LogP contribution is 2.25. The number of carbonyl (C=O) groups is 1. The van der Waals surface area contributed by atoms with Crippen molar-refractivity contribution in [2.45, 2.75) is 18.7 Å². The summed E-state index contributed by atoms with van der Waals surface area (Å²) < 4.78 is 0.814. The lowest BCUT2D eigenvalue weighted by molar-refractivity contribution is 0.0696. The van der Waals surface area contributed by atoms with Crippen LogP contribution in [0, 0.1) is 5.92 Å². The fraction of sp³-hybridized carbons (Fsp3) is 0.364. The van der Waals surface area contributed by atoms with Gasteiger partial charge in [-0.3, -0.25) is 0 Å². The van der Waals surface area contributed by atoms with Gasteiger partial charge in [0.2, 0.25) is 0 Å². The first-order valence-corrected chi connectivity index (χ1v) is 6.43. The van der Waals surface area contributed by atoms with Crippen LogP contribution in [0.25, 0.3) is 0 Å². The Morgan fingerprint density at radius 1 is 1.47 bits per heavy atom. The quantitative estimate of drug-likeness (QED) is 0.854. The van der Waals surface area contributed by atoms with E-state index in [0.717, 1.165) is 15.1 Å². The fourth-order valence-electron chi connectivity index (χ4n) is 1.03. The molecule has 0 atom stereocenters. The van der Waals surface area contributed by atoms with Crippen LogP contribution >= 0.6 is 27.7 Å². The Balaban J connectivity index is 2.84. The highest BCUT2D eigenvalue weighted by Gasteiger charge is 2.06. The van der Waals surface area contributed by atoms with Gasteiger partial charge in [0.15, 0.2) is 0 Å². The van der Waals surface area contributed by atoms with Gasteiger partial charge in [0.05, 0.1) is 5.56 Å². The van der Waals surface area contributed by atoms with E-state index >= 15 is 0 Å². The van der Waals surface area contributed by atoms with Crippen LogP contribution in [0.5, 0.6) is 0 Å². The molecule has 1 N–H and O–H groups in total. The first kappa shape index (κ1) is 12.6. The number of halogens is 1. The zero-order valence-corrected chi connectivity index (χ0v) is 11.1. The lowest BCUT2D eigenvalue weighted by Crippen LogP contribution is -1.97. The van der Waals surface area contributed by atoms with Crippen molar-refractivity contribution in [3.05, 3.63) is 28.2 Å². The molecule has 0 bridgehead atoms. The molecule has 1 rings (SSSR count). The largest absolute Gasteiger partial charge is 0.478 e. The molecule has 0 aromatic heterocycles. The highest BCUT2D eigenvalue weighted by molar-refractivity contribution is 9.10. The molecule has 1 aromatic rings. The lowest BCUT2D eigenvalue weighted by Gasteiger charge is -2.06. The number of hydrogen-bond acceptors (Lipinski definition) is 2. The van der Waals surface area contributed by atoms with Crippen molar-refractivity contribution in [1.29, 1.82) is 0 Å². The summed E-state index contributed by atoms with van der Waals surface area (Å²) in [4.78, 5) is 11.8. The van der Waals surface area contributed by atoms with Gasteiger partial charge in [0.1, 0.15) is 0 Å². The maximum atomic E-state index is 10.8. The van der Waals surface area contributed by atoms with Gasteiger partial charge in [-0.15, -0.1) is 11.8 Å². The molecule has 82 valence electrons. The summed E-state index contributed by atoms with van der Waals surface area (Å²) in [6.45, 7) is 4.28. The molecule has 0 aliphatic carbocycles. The average molecular weight is 289 g/mol. The normalized spacial score (nSPS) is 10.7. The fourth-order valence-corrected chi connectivity index (χ4v) is 2.62. The molecule has 0 aliphatic rings. The molecule has 15 heavy (non-hydrogen) atoms. The van der Waals surface area contributed by atoms with Crippen LogP contribution in [0.1, 0.15) is 24.2 Å². The third kappa shape index (κ3) is 4.26. The van der Waals surface area contributed by atoms with Gasteiger partial charge in [-0.25, -0.2) is 4.79 Å². The second-order valence-corrected chi connectivity index (χ2v) is 5.69. The van der Waals surface area contributed by atoms with Crippen molar-refractivity contribution in [2.75, 3.05) is 5.75 Å². The van der Waals surface area contributed by atoms with Crippen molar-refractivity contribution in [3.63, 3.8) is 0 Å². The van der Waals surface area contributed by atoms with E-state index in [1.54, 1.807) is 23.9 Å². The van der Waals surface area contributed by atoms with Crippen molar-refractivity contribution in [1.82, 2.24) is 0 Å². The molecule has 0 aliphatic heterocycles. The van der Waals surface area contributed by atoms with Crippen LogP contribution in [0.15, 0.2) is 27.6 Å².